The highest BCUT2D eigenvalue weighted by molar-refractivity contribution is 7.99. The Labute approximate surface area is 163 Å². The van der Waals surface area contributed by atoms with Crippen molar-refractivity contribution in [2.45, 2.75) is 32.6 Å². The second kappa shape index (κ2) is 9.64. The van der Waals surface area contributed by atoms with Gasteiger partial charge in [0, 0.05) is 16.5 Å². The van der Waals surface area contributed by atoms with Crippen LogP contribution in [0.3, 0.4) is 0 Å². The van der Waals surface area contributed by atoms with Crippen LogP contribution in [-0.4, -0.2) is 23.7 Å². The van der Waals surface area contributed by atoms with Crippen molar-refractivity contribution in [3.63, 3.8) is 0 Å². The summed E-state index contributed by atoms with van der Waals surface area (Å²) in [7, 11) is 0. The molecule has 0 bridgehead atoms. The normalized spacial score (nSPS) is 11.7. The summed E-state index contributed by atoms with van der Waals surface area (Å²) < 4.78 is 5.23. The van der Waals surface area contributed by atoms with Gasteiger partial charge in [-0.2, -0.15) is 0 Å². The van der Waals surface area contributed by atoms with Gasteiger partial charge in [0.1, 0.15) is 0 Å². The molecule has 26 heavy (non-hydrogen) atoms. The lowest BCUT2D eigenvalue weighted by Gasteiger charge is -2.16. The molecule has 0 aliphatic rings. The zero-order chi connectivity index (χ0) is 19.1. The molecule has 1 N–H and O–H groups in total. The molecule has 0 saturated heterocycles. The van der Waals surface area contributed by atoms with E-state index in [4.69, 9.17) is 16.3 Å². The largest absolute Gasteiger partial charge is 0.452 e. The first-order valence-electron chi connectivity index (χ1n) is 8.26. The molecule has 2 rings (SSSR count). The number of carbonyl (C=O) groups excluding carboxylic acids is 2. The number of thioether (sulfide) groups is 1. The van der Waals surface area contributed by atoms with E-state index in [0.717, 1.165) is 22.4 Å². The molecule has 2 aromatic rings. The lowest BCUT2D eigenvalue weighted by atomic mass is 10.1. The number of amides is 1. The van der Waals surface area contributed by atoms with Crippen LogP contribution in [0.5, 0.6) is 0 Å². The van der Waals surface area contributed by atoms with E-state index in [9.17, 15) is 9.59 Å². The minimum atomic E-state index is -0.859. The fourth-order valence-electron chi connectivity index (χ4n) is 2.38. The second-order valence-electron chi connectivity index (χ2n) is 5.97. The van der Waals surface area contributed by atoms with Gasteiger partial charge in [0.25, 0.3) is 5.91 Å². The number of para-hydroxylation sites is 1. The maximum atomic E-state index is 12.3. The smallest absolute Gasteiger partial charge is 0.316 e. The molecule has 0 fully saturated rings. The molecule has 1 atom stereocenters. The Morgan fingerprint density at radius 2 is 1.77 bits per heavy atom. The number of esters is 1. The molecule has 0 aromatic heterocycles. The van der Waals surface area contributed by atoms with Crippen molar-refractivity contribution in [1.82, 2.24) is 0 Å². The third kappa shape index (κ3) is 5.78. The highest BCUT2D eigenvalue weighted by Crippen LogP contribution is 2.21. The van der Waals surface area contributed by atoms with Crippen molar-refractivity contribution >= 4 is 40.9 Å². The highest BCUT2D eigenvalue weighted by atomic mass is 35.5. The number of carbonyl (C=O) groups is 2. The summed E-state index contributed by atoms with van der Waals surface area (Å²) >= 11 is 7.49. The topological polar surface area (TPSA) is 55.4 Å². The lowest BCUT2D eigenvalue weighted by Crippen LogP contribution is -2.31. The molecule has 0 heterocycles. The van der Waals surface area contributed by atoms with Gasteiger partial charge in [0.2, 0.25) is 0 Å². The van der Waals surface area contributed by atoms with Gasteiger partial charge in [-0.05, 0) is 43.5 Å². The molecule has 1 amide bonds. The van der Waals surface area contributed by atoms with E-state index >= 15 is 0 Å². The van der Waals surface area contributed by atoms with Crippen molar-refractivity contribution in [3.05, 3.63) is 64.2 Å². The summed E-state index contributed by atoms with van der Waals surface area (Å²) in [5, 5.41) is 3.51. The van der Waals surface area contributed by atoms with Gasteiger partial charge in [0.05, 0.1) is 5.75 Å². The van der Waals surface area contributed by atoms with Crippen LogP contribution >= 0.6 is 23.4 Å². The van der Waals surface area contributed by atoms with E-state index < -0.39 is 12.1 Å². The van der Waals surface area contributed by atoms with Crippen LogP contribution in [0.4, 0.5) is 5.69 Å². The molecule has 4 nitrogen and oxygen atoms in total. The zero-order valence-electron chi connectivity index (χ0n) is 15.0. The van der Waals surface area contributed by atoms with E-state index in [1.54, 1.807) is 6.92 Å². The molecular formula is C20H22ClNO3S. The van der Waals surface area contributed by atoms with Gasteiger partial charge in [-0.1, -0.05) is 48.0 Å². The van der Waals surface area contributed by atoms with Crippen LogP contribution in [0.15, 0.2) is 42.5 Å². The SMILES string of the molecule is Cc1cccc(C)c1NC(=O)[C@H](C)OC(=O)CSCc1ccccc1Cl. The third-order valence-electron chi connectivity index (χ3n) is 3.84. The molecule has 0 spiro atoms. The van der Waals surface area contributed by atoms with E-state index in [1.165, 1.54) is 11.8 Å². The second-order valence-corrected chi connectivity index (χ2v) is 7.37. The van der Waals surface area contributed by atoms with Crippen LogP contribution in [0.2, 0.25) is 5.02 Å². The quantitative estimate of drug-likeness (QED) is 0.691. The van der Waals surface area contributed by atoms with E-state index in [0.29, 0.717) is 10.8 Å². The van der Waals surface area contributed by atoms with Gasteiger partial charge < -0.3 is 10.1 Å². The first kappa shape index (κ1) is 20.3. The zero-order valence-corrected chi connectivity index (χ0v) is 16.6. The molecule has 0 unspecified atom stereocenters. The van der Waals surface area contributed by atoms with Gasteiger partial charge in [-0.15, -0.1) is 11.8 Å². The van der Waals surface area contributed by atoms with Gasteiger partial charge in [-0.3, -0.25) is 9.59 Å². The van der Waals surface area contributed by atoms with Crippen LogP contribution in [-0.2, 0) is 20.1 Å². The molecule has 0 radical (unpaired) electrons. The van der Waals surface area contributed by atoms with E-state index in [1.807, 2.05) is 56.3 Å². The van der Waals surface area contributed by atoms with Gasteiger partial charge in [0.15, 0.2) is 6.10 Å². The Morgan fingerprint density at radius 1 is 1.12 bits per heavy atom. The van der Waals surface area contributed by atoms with Crippen LogP contribution in [0.25, 0.3) is 0 Å². The number of hydrogen-bond acceptors (Lipinski definition) is 4. The van der Waals surface area contributed by atoms with Crippen molar-refractivity contribution in [2.75, 3.05) is 11.1 Å². The predicted molar refractivity (Wildman–Crippen MR) is 108 cm³/mol. The fourth-order valence-corrected chi connectivity index (χ4v) is 3.47. The number of anilines is 1. The monoisotopic (exact) mass is 391 g/mol. The van der Waals surface area contributed by atoms with Gasteiger partial charge >= 0.3 is 5.97 Å². The molecule has 2 aromatic carbocycles. The summed E-state index contributed by atoms with van der Waals surface area (Å²) in [4.78, 5) is 24.2. The number of aryl methyl sites for hydroxylation is 2. The van der Waals surface area contributed by atoms with Crippen molar-refractivity contribution in [2.24, 2.45) is 0 Å². The number of nitrogens with one attached hydrogen (secondary N) is 1. The molecular weight excluding hydrogens is 370 g/mol. The standard InChI is InChI=1S/C20H22ClNO3S/c1-13-7-6-8-14(2)19(13)22-20(24)15(3)25-18(23)12-26-11-16-9-4-5-10-17(16)21/h4-10,15H,11-12H2,1-3H3,(H,22,24)/t15-/m0/s1. The Hall–Kier alpha value is -1.98. The van der Waals surface area contributed by atoms with Crippen LogP contribution in [0.1, 0.15) is 23.6 Å². The first-order valence-corrected chi connectivity index (χ1v) is 9.79. The molecule has 0 aliphatic heterocycles. The molecule has 0 aliphatic carbocycles. The number of hydrogen-bond donors (Lipinski definition) is 1. The maximum absolute atomic E-state index is 12.3. The summed E-state index contributed by atoms with van der Waals surface area (Å²) in [5.74, 6) is 0.00217. The van der Waals surface area contributed by atoms with Crippen molar-refractivity contribution in [3.8, 4) is 0 Å². The maximum Gasteiger partial charge on any atom is 0.316 e. The summed E-state index contributed by atoms with van der Waals surface area (Å²) in [5.41, 5.74) is 3.65. The van der Waals surface area contributed by atoms with Gasteiger partial charge in [-0.25, -0.2) is 0 Å². The van der Waals surface area contributed by atoms with E-state index in [-0.39, 0.29) is 11.7 Å². The van der Waals surface area contributed by atoms with Crippen molar-refractivity contribution < 1.29 is 14.3 Å². The summed E-state index contributed by atoms with van der Waals surface area (Å²) in [6.45, 7) is 5.41. The van der Waals surface area contributed by atoms with Crippen molar-refractivity contribution in [1.29, 1.82) is 0 Å². The summed E-state index contributed by atoms with van der Waals surface area (Å²) in [6.07, 6.45) is -0.859. The number of ether oxygens (including phenoxy) is 1. The Kier molecular flexibility index (Phi) is 7.54. The average Bonchev–Trinajstić information content (AvgIpc) is 2.59. The predicted octanol–water partition coefficient (Wildman–Crippen LogP) is 4.76. The average molecular weight is 392 g/mol. The van der Waals surface area contributed by atoms with Crippen LogP contribution in [0, 0.1) is 13.8 Å². The van der Waals surface area contributed by atoms with Crippen LogP contribution < -0.4 is 5.32 Å². The fraction of sp³-hybridized carbons (Fsp3) is 0.300. The first-order chi connectivity index (χ1) is 12.4. The number of benzene rings is 2. The Balaban J connectivity index is 1.81. The number of halogens is 1. The number of rotatable bonds is 7. The van der Waals surface area contributed by atoms with E-state index in [2.05, 4.69) is 5.32 Å². The third-order valence-corrected chi connectivity index (χ3v) is 5.17. The molecule has 138 valence electrons. The molecule has 6 heteroatoms. The lowest BCUT2D eigenvalue weighted by molar-refractivity contribution is -0.150. The molecule has 0 saturated carbocycles. The minimum Gasteiger partial charge on any atom is -0.452 e. The highest BCUT2D eigenvalue weighted by Gasteiger charge is 2.19. The summed E-state index contributed by atoms with van der Waals surface area (Å²) in [6, 6.07) is 13.3. The Morgan fingerprint density at radius 3 is 2.42 bits per heavy atom. The minimum absolute atomic E-state index is 0.159. The Bertz CT molecular complexity index is 774.